The molecule has 2 aromatic rings. The van der Waals surface area contributed by atoms with Gasteiger partial charge in [-0.1, -0.05) is 52.2 Å². The van der Waals surface area contributed by atoms with Crippen LogP contribution in [0.4, 0.5) is 0 Å². The van der Waals surface area contributed by atoms with Gasteiger partial charge < -0.3 is 4.74 Å². The predicted octanol–water partition coefficient (Wildman–Crippen LogP) is 6.83. The Kier molecular flexibility index (Phi) is 22.0. The van der Waals surface area contributed by atoms with Crippen molar-refractivity contribution in [2.45, 2.75) is 85.5 Å². The van der Waals surface area contributed by atoms with E-state index in [0.29, 0.717) is 23.0 Å². The van der Waals surface area contributed by atoms with Crippen LogP contribution in [0.1, 0.15) is 105 Å². The summed E-state index contributed by atoms with van der Waals surface area (Å²) >= 11 is 5.44. The molecule has 0 saturated heterocycles. The Hall–Kier alpha value is -3.22. The maximum absolute atomic E-state index is 12.5. The maximum atomic E-state index is 12.5. The normalized spacial score (nSPS) is 24.3. The van der Waals surface area contributed by atoms with Gasteiger partial charge in [0.2, 0.25) is 5.24 Å². The Morgan fingerprint density at radius 3 is 1.37 bits per heavy atom. The summed E-state index contributed by atoms with van der Waals surface area (Å²) in [5, 5.41) is -0.0946. The van der Waals surface area contributed by atoms with E-state index in [2.05, 4.69) is 39.0 Å². The third-order valence-corrected chi connectivity index (χ3v) is 9.93. The fourth-order valence-electron chi connectivity index (χ4n) is 7.13. The van der Waals surface area contributed by atoms with Crippen LogP contribution in [0.2, 0.25) is 0 Å². The van der Waals surface area contributed by atoms with Crippen molar-refractivity contribution in [3.63, 3.8) is 0 Å². The molecule has 262 valence electrons. The van der Waals surface area contributed by atoms with E-state index >= 15 is 0 Å². The van der Waals surface area contributed by atoms with Crippen LogP contribution < -0.4 is 0 Å². The van der Waals surface area contributed by atoms with Crippen molar-refractivity contribution >= 4 is 64.0 Å². The quantitative estimate of drug-likeness (QED) is 0.0908. The molecule has 0 unspecified atom stereocenters. The van der Waals surface area contributed by atoms with Crippen molar-refractivity contribution in [1.29, 1.82) is 0 Å². The van der Waals surface area contributed by atoms with Crippen LogP contribution in [-0.2, 0) is 64.2 Å². The fraction of sp³-hybridized carbons (Fsp3) is 0.500. The SMILES string of the molecule is Br.CCC12CC(C(=O)Cl)(C1)C2.CCOC(=O)c1ccc(C(=O)C23CC(CC)(C2)C3)cc1.CCc1cc[c-]cc1.O=C=O.O=C=O.O=C=O.[Zn]. The van der Waals surface area contributed by atoms with Gasteiger partial charge in [0.25, 0.3) is 0 Å². The van der Waals surface area contributed by atoms with Gasteiger partial charge in [-0.15, -0.1) is 17.0 Å². The summed E-state index contributed by atoms with van der Waals surface area (Å²) in [5.41, 5.74) is 3.50. The average Bonchev–Trinajstić information content (AvgIpc) is 2.97. The zero-order valence-corrected chi connectivity index (χ0v) is 33.7. The molecule has 0 aliphatic heterocycles. The molecule has 0 aromatic heterocycles. The summed E-state index contributed by atoms with van der Waals surface area (Å²) in [7, 11) is 0. The first-order valence-electron chi connectivity index (χ1n) is 15.3. The Morgan fingerprint density at radius 2 is 1.06 bits per heavy atom. The molecule has 0 N–H and O–H groups in total. The van der Waals surface area contributed by atoms with Gasteiger partial charge in [-0.2, -0.15) is 64.7 Å². The first-order chi connectivity index (χ1) is 22.3. The molecular weight excluding hydrogens is 773 g/mol. The number of aryl methyl sites for hydroxylation is 1. The second kappa shape index (κ2) is 22.5. The number of halogens is 2. The predicted molar refractivity (Wildman–Crippen MR) is 176 cm³/mol. The molecule has 6 aliphatic carbocycles. The molecule has 4 bridgehead atoms. The van der Waals surface area contributed by atoms with Crippen LogP contribution in [0.15, 0.2) is 48.5 Å². The molecule has 8 rings (SSSR count). The van der Waals surface area contributed by atoms with Gasteiger partial charge in [0, 0.05) is 35.9 Å². The van der Waals surface area contributed by atoms with Crippen LogP contribution >= 0.6 is 28.6 Å². The number of benzene rings is 2. The van der Waals surface area contributed by atoms with Gasteiger partial charge in [-0.3, -0.25) is 9.59 Å². The van der Waals surface area contributed by atoms with Crippen molar-refractivity contribution in [2.24, 2.45) is 21.7 Å². The molecule has 10 nitrogen and oxygen atoms in total. The molecule has 13 heteroatoms. The monoisotopic (exact) mass is 811 g/mol. The topological polar surface area (TPSA) is 163 Å². The van der Waals surface area contributed by atoms with E-state index in [9.17, 15) is 14.4 Å². The molecule has 6 fully saturated rings. The van der Waals surface area contributed by atoms with Gasteiger partial charge in [-0.05, 0) is 80.0 Å². The molecule has 0 spiro atoms. The van der Waals surface area contributed by atoms with E-state index < -0.39 is 0 Å². The van der Waals surface area contributed by atoms with E-state index in [1.807, 2.05) is 12.1 Å². The number of hydrogen-bond acceptors (Lipinski definition) is 10. The van der Waals surface area contributed by atoms with Crippen LogP contribution in [0, 0.1) is 27.7 Å². The van der Waals surface area contributed by atoms with Crippen molar-refractivity contribution < 1.29 is 67.4 Å². The van der Waals surface area contributed by atoms with Crippen molar-refractivity contribution in [3.05, 3.63) is 71.3 Å². The van der Waals surface area contributed by atoms with E-state index in [4.69, 9.17) is 45.1 Å². The van der Waals surface area contributed by atoms with Gasteiger partial charge in [0.05, 0.1) is 12.2 Å². The zero-order valence-electron chi connectivity index (χ0n) is 28.3. The Labute approximate surface area is 315 Å². The third kappa shape index (κ3) is 12.3. The summed E-state index contributed by atoms with van der Waals surface area (Å²) in [5.74, 6) is -0.0785. The minimum atomic E-state index is -0.332. The minimum absolute atomic E-state index is 0. The first-order valence-corrected chi connectivity index (χ1v) is 15.7. The first kappa shape index (κ1) is 47.9. The number of esters is 1. The number of ether oxygens (including phenoxy) is 1. The van der Waals surface area contributed by atoms with E-state index in [1.165, 1.54) is 18.4 Å². The Balaban J connectivity index is 0. The molecule has 0 amide bonds. The number of ketones is 1. The van der Waals surface area contributed by atoms with Gasteiger partial charge in [0.15, 0.2) is 5.78 Å². The van der Waals surface area contributed by atoms with E-state index in [0.717, 1.165) is 50.5 Å². The van der Waals surface area contributed by atoms with Crippen LogP contribution in [0.3, 0.4) is 0 Å². The summed E-state index contributed by atoms with van der Waals surface area (Å²) in [6.07, 6.45) is 10.6. The third-order valence-electron chi connectivity index (χ3n) is 9.53. The molecule has 49 heavy (non-hydrogen) atoms. The molecule has 0 atom stereocenters. The smallest absolute Gasteiger partial charge is 0.373 e. The largest absolute Gasteiger partial charge is 0.462 e. The number of hydrogen-bond donors (Lipinski definition) is 0. The molecule has 0 radical (unpaired) electrons. The Bertz CT molecular complexity index is 1390. The number of rotatable bonds is 8. The summed E-state index contributed by atoms with van der Waals surface area (Å²) in [6, 6.07) is 17.9. The minimum Gasteiger partial charge on any atom is -0.462 e. The average molecular weight is 814 g/mol. The summed E-state index contributed by atoms with van der Waals surface area (Å²) in [4.78, 5) is 83.7. The zero-order chi connectivity index (χ0) is 35.7. The van der Waals surface area contributed by atoms with Gasteiger partial charge in [-0.25, -0.2) is 4.79 Å². The molecule has 2 aromatic carbocycles. The number of Topliss-reactive ketones (excluding diaryl/α,β-unsaturated/α-hetero) is 1. The maximum Gasteiger partial charge on any atom is 0.373 e. The van der Waals surface area contributed by atoms with Gasteiger partial charge in [0.1, 0.15) is 0 Å². The number of carbonyl (C=O) groups is 3. The molecule has 0 heterocycles. The second-order valence-corrected chi connectivity index (χ2v) is 12.6. The van der Waals surface area contributed by atoms with Crippen LogP contribution in [0.25, 0.3) is 0 Å². The number of carbonyl (C=O) groups excluding carboxylic acids is 9. The summed E-state index contributed by atoms with van der Waals surface area (Å²) < 4.78 is 4.94. The van der Waals surface area contributed by atoms with Crippen molar-refractivity contribution in [2.75, 3.05) is 6.61 Å². The van der Waals surface area contributed by atoms with Gasteiger partial charge >= 0.3 is 24.4 Å². The molecule has 6 saturated carbocycles. The molecule has 6 aliphatic rings. The summed E-state index contributed by atoms with van der Waals surface area (Å²) in [6.45, 7) is 8.70. The van der Waals surface area contributed by atoms with E-state index in [-0.39, 0.29) is 82.7 Å². The van der Waals surface area contributed by atoms with Crippen molar-refractivity contribution in [1.82, 2.24) is 0 Å². The van der Waals surface area contributed by atoms with Crippen LogP contribution in [-0.4, -0.2) is 42.1 Å². The standard InChI is InChI=1S/C17H20O3.C8H11ClO.C8H9.3CO2.BrH.Zn/c1-3-16-9-17(10-16,11-16)14(18)12-5-7-13(8-6-12)15(19)20-4-2;1-2-7-3-8(4-7,5-7)6(9)10;1-2-8-6-4-3-5-7-8;3*2-1-3;;/h5-8H,3-4,9-11H2,1-2H3;2-5H2,1H3;4-7H,2H2,1H3;;;;1H;/q;;-1;;;;;. The fourth-order valence-corrected chi connectivity index (χ4v) is 7.33. The Morgan fingerprint density at radius 1 is 0.694 bits per heavy atom. The van der Waals surface area contributed by atoms with Crippen LogP contribution in [0.5, 0.6) is 0 Å². The second-order valence-electron chi connectivity index (χ2n) is 12.2. The van der Waals surface area contributed by atoms with Crippen molar-refractivity contribution in [3.8, 4) is 0 Å². The molecular formula is C36H41BrClO10Zn-. The van der Waals surface area contributed by atoms with E-state index in [1.54, 1.807) is 31.2 Å².